The Bertz CT molecular complexity index is 957. The summed E-state index contributed by atoms with van der Waals surface area (Å²) in [5.74, 6) is 0.723. The molecule has 0 aromatic heterocycles. The summed E-state index contributed by atoms with van der Waals surface area (Å²) in [6, 6.07) is 33.7. The molecule has 0 saturated heterocycles. The van der Waals surface area contributed by atoms with Crippen LogP contribution in [0, 0.1) is 5.92 Å². The normalized spacial score (nSPS) is 16.3. The number of benzene rings is 3. The Labute approximate surface area is 196 Å². The number of rotatable bonds is 7. The maximum atomic E-state index is 2.54. The summed E-state index contributed by atoms with van der Waals surface area (Å²) < 4.78 is 0. The van der Waals surface area contributed by atoms with Crippen molar-refractivity contribution in [2.24, 2.45) is 5.92 Å². The summed E-state index contributed by atoms with van der Waals surface area (Å²) >= 11 is 0. The molecular formula is C30H38BP. The van der Waals surface area contributed by atoms with Crippen LogP contribution in [0.4, 0.5) is 0 Å². The van der Waals surface area contributed by atoms with Crippen LogP contribution in [0.15, 0.2) is 96.6 Å². The molecule has 0 nitrogen and oxygen atoms in total. The van der Waals surface area contributed by atoms with Gasteiger partial charge in [0, 0.05) is 0 Å². The first-order valence-corrected chi connectivity index (χ1v) is 16.1. The quantitative estimate of drug-likeness (QED) is 0.290. The Morgan fingerprint density at radius 3 is 1.62 bits per heavy atom. The molecule has 0 amide bonds. The third-order valence-corrected chi connectivity index (χ3v) is 8.25. The van der Waals surface area contributed by atoms with E-state index in [-0.39, 0.29) is 6.71 Å². The molecule has 0 atom stereocenters. The molecule has 1 aliphatic carbocycles. The fraction of sp³-hybridized carbons (Fsp3) is 0.333. The molecule has 4 rings (SSSR count). The van der Waals surface area contributed by atoms with E-state index in [9.17, 15) is 0 Å². The number of allylic oxidation sites excluding steroid dienone is 1. The van der Waals surface area contributed by atoms with Gasteiger partial charge in [0.05, 0.1) is 0 Å². The Balaban J connectivity index is 2.00. The van der Waals surface area contributed by atoms with Gasteiger partial charge in [-0.2, -0.15) is 0 Å². The van der Waals surface area contributed by atoms with E-state index in [1.807, 2.05) is 0 Å². The monoisotopic (exact) mass is 440 g/mol. The predicted octanol–water partition coefficient (Wildman–Crippen LogP) is 6.51. The van der Waals surface area contributed by atoms with Crippen LogP contribution in [0.25, 0.3) is 5.47 Å². The van der Waals surface area contributed by atoms with E-state index in [0.717, 1.165) is 5.92 Å². The maximum absolute atomic E-state index is 2.54. The second-order valence-corrected chi connectivity index (χ2v) is 16.1. The molecule has 1 aliphatic rings. The van der Waals surface area contributed by atoms with Crippen LogP contribution < -0.4 is 10.9 Å². The van der Waals surface area contributed by atoms with Crippen molar-refractivity contribution in [2.45, 2.75) is 32.1 Å². The predicted molar refractivity (Wildman–Crippen MR) is 149 cm³/mol. The van der Waals surface area contributed by atoms with Crippen LogP contribution in [0.2, 0.25) is 0 Å². The molecule has 0 bridgehead atoms. The SMILES string of the molecule is C[PH](C)(C)C/C(=C(\B(c1ccccc1)c1ccccc1)c1ccccc1)C1CCCCC1. The van der Waals surface area contributed by atoms with Gasteiger partial charge in [-0.25, -0.2) is 0 Å². The molecule has 0 unspecified atom stereocenters. The molecule has 1 saturated carbocycles. The Hall–Kier alpha value is -2.11. The van der Waals surface area contributed by atoms with Crippen molar-refractivity contribution in [1.29, 1.82) is 0 Å². The van der Waals surface area contributed by atoms with Crippen LogP contribution in [-0.2, 0) is 0 Å². The molecule has 1 fully saturated rings. The van der Waals surface area contributed by atoms with Gasteiger partial charge in [-0.15, -0.1) is 0 Å². The van der Waals surface area contributed by atoms with Gasteiger partial charge in [-0.3, -0.25) is 0 Å². The van der Waals surface area contributed by atoms with Crippen molar-refractivity contribution in [1.82, 2.24) is 0 Å². The zero-order chi connectivity index (χ0) is 22.4. The van der Waals surface area contributed by atoms with Gasteiger partial charge in [-0.1, -0.05) is 0 Å². The Morgan fingerprint density at radius 2 is 1.16 bits per heavy atom. The first kappa shape index (κ1) is 23.1. The van der Waals surface area contributed by atoms with Crippen molar-refractivity contribution in [3.8, 4) is 0 Å². The van der Waals surface area contributed by atoms with Crippen LogP contribution in [0.5, 0.6) is 0 Å². The van der Waals surface area contributed by atoms with Crippen molar-refractivity contribution in [2.75, 3.05) is 26.2 Å². The zero-order valence-corrected chi connectivity index (χ0v) is 21.1. The topological polar surface area (TPSA) is 0 Å². The first-order valence-electron chi connectivity index (χ1n) is 12.4. The van der Waals surface area contributed by atoms with Gasteiger partial charge in [0.25, 0.3) is 0 Å². The van der Waals surface area contributed by atoms with Crippen molar-refractivity contribution in [3.05, 3.63) is 102 Å². The number of hydrogen-bond donors (Lipinski definition) is 0. The summed E-state index contributed by atoms with van der Waals surface area (Å²) in [5.41, 5.74) is 7.55. The summed E-state index contributed by atoms with van der Waals surface area (Å²) in [5, 5.41) is 0. The zero-order valence-electron chi connectivity index (χ0n) is 20.1. The second kappa shape index (κ2) is 10.7. The molecule has 0 heterocycles. The summed E-state index contributed by atoms with van der Waals surface area (Å²) in [4.78, 5) is 0. The fourth-order valence-corrected chi connectivity index (χ4v) is 7.08. The molecule has 166 valence electrons. The van der Waals surface area contributed by atoms with Gasteiger partial charge in [0.1, 0.15) is 0 Å². The summed E-state index contributed by atoms with van der Waals surface area (Å²) in [7, 11) is -1.31. The molecule has 0 N–H and O–H groups in total. The van der Waals surface area contributed by atoms with E-state index in [1.165, 1.54) is 54.8 Å². The average Bonchev–Trinajstić information content (AvgIpc) is 2.83. The average molecular weight is 440 g/mol. The number of hydrogen-bond acceptors (Lipinski definition) is 0. The van der Waals surface area contributed by atoms with Gasteiger partial charge in [-0.05, 0) is 0 Å². The summed E-state index contributed by atoms with van der Waals surface area (Å²) in [6.45, 7) is 7.89. The van der Waals surface area contributed by atoms with E-state index < -0.39 is 7.26 Å². The van der Waals surface area contributed by atoms with E-state index in [1.54, 1.807) is 11.0 Å². The van der Waals surface area contributed by atoms with E-state index in [0.29, 0.717) is 0 Å². The fourth-order valence-electron chi connectivity index (χ4n) is 5.45. The molecule has 0 spiro atoms. The summed E-state index contributed by atoms with van der Waals surface area (Å²) in [6.07, 6.45) is 8.15. The van der Waals surface area contributed by atoms with Crippen molar-refractivity contribution < 1.29 is 0 Å². The Kier molecular flexibility index (Phi) is 7.69. The van der Waals surface area contributed by atoms with E-state index in [4.69, 9.17) is 0 Å². The van der Waals surface area contributed by atoms with Crippen LogP contribution >= 0.6 is 7.26 Å². The van der Waals surface area contributed by atoms with Crippen LogP contribution in [-0.4, -0.2) is 32.9 Å². The third-order valence-electron chi connectivity index (χ3n) is 6.80. The van der Waals surface area contributed by atoms with E-state index >= 15 is 0 Å². The van der Waals surface area contributed by atoms with E-state index in [2.05, 4.69) is 111 Å². The Morgan fingerprint density at radius 1 is 0.688 bits per heavy atom. The standard InChI is InChI=1S/C30H38BP/c1-32(2,3)24-29(25-16-8-4-9-17-25)30(26-18-10-5-11-19-26)31(27-20-12-6-13-21-27)28-22-14-7-15-23-28/h5-7,10-15,18-23,25,32H,4,8-9,16-17,24H2,1-3H3/b30-29+. The molecule has 2 heteroatoms. The third kappa shape index (κ3) is 5.82. The van der Waals surface area contributed by atoms with Crippen LogP contribution in [0.3, 0.4) is 0 Å². The second-order valence-electron chi connectivity index (χ2n) is 10.6. The van der Waals surface area contributed by atoms with Gasteiger partial charge in [0.15, 0.2) is 0 Å². The molecule has 32 heavy (non-hydrogen) atoms. The van der Waals surface area contributed by atoms with Gasteiger partial charge in [0.2, 0.25) is 0 Å². The molecular weight excluding hydrogens is 402 g/mol. The van der Waals surface area contributed by atoms with Gasteiger partial charge >= 0.3 is 197 Å². The molecule has 0 radical (unpaired) electrons. The first-order chi connectivity index (χ1) is 15.5. The van der Waals surface area contributed by atoms with Crippen molar-refractivity contribution >= 4 is 30.4 Å². The van der Waals surface area contributed by atoms with Gasteiger partial charge < -0.3 is 0 Å². The molecule has 3 aromatic rings. The minimum atomic E-state index is -1.31. The van der Waals surface area contributed by atoms with Crippen LogP contribution in [0.1, 0.15) is 37.7 Å². The van der Waals surface area contributed by atoms with Crippen molar-refractivity contribution in [3.63, 3.8) is 0 Å². The molecule has 0 aliphatic heterocycles. The minimum absolute atomic E-state index is 0.271. The molecule has 3 aromatic carbocycles.